The second kappa shape index (κ2) is 7.77. The minimum absolute atomic E-state index is 0.443. The van der Waals surface area contributed by atoms with Gasteiger partial charge in [0.1, 0.15) is 0 Å². The van der Waals surface area contributed by atoms with E-state index < -0.39 is 0 Å². The molecule has 2 atom stereocenters. The van der Waals surface area contributed by atoms with Crippen molar-refractivity contribution in [2.24, 2.45) is 5.92 Å². The van der Waals surface area contributed by atoms with Crippen LogP contribution in [-0.2, 0) is 0 Å². The number of hydrogen-bond acceptors (Lipinski definition) is 3. The summed E-state index contributed by atoms with van der Waals surface area (Å²) in [6, 6.07) is 2.58. The summed E-state index contributed by atoms with van der Waals surface area (Å²) in [6.07, 6.45) is 4.20. The van der Waals surface area contributed by atoms with Crippen molar-refractivity contribution < 1.29 is 0 Å². The van der Waals surface area contributed by atoms with E-state index in [-0.39, 0.29) is 0 Å². The third-order valence-corrected chi connectivity index (χ3v) is 5.88. The van der Waals surface area contributed by atoms with Crippen LogP contribution in [0.5, 0.6) is 0 Å². The summed E-state index contributed by atoms with van der Waals surface area (Å²) in [4.78, 5) is 4.03. The molecule has 19 heavy (non-hydrogen) atoms. The van der Waals surface area contributed by atoms with Crippen LogP contribution >= 0.6 is 27.3 Å². The van der Waals surface area contributed by atoms with E-state index in [2.05, 4.69) is 51.4 Å². The minimum Gasteiger partial charge on any atom is -0.309 e. The number of halogens is 1. The Bertz CT molecular complexity index is 374. The van der Waals surface area contributed by atoms with E-state index in [1.54, 1.807) is 0 Å². The Balaban J connectivity index is 1.71. The van der Waals surface area contributed by atoms with E-state index >= 15 is 0 Å². The topological polar surface area (TPSA) is 15.3 Å². The lowest BCUT2D eigenvalue weighted by atomic mass is 10.1. The molecule has 2 heterocycles. The Morgan fingerprint density at radius 2 is 2.05 bits per heavy atom. The molecule has 108 valence electrons. The Hall–Kier alpha value is 0.1000. The molecule has 1 aromatic heterocycles. The second-order valence-electron chi connectivity index (χ2n) is 5.73. The maximum atomic E-state index is 3.67. The molecule has 1 N–H and O–H groups in total. The Morgan fingerprint density at radius 3 is 2.68 bits per heavy atom. The summed E-state index contributed by atoms with van der Waals surface area (Å²) >= 11 is 5.44. The largest absolute Gasteiger partial charge is 0.309 e. The van der Waals surface area contributed by atoms with E-state index in [1.807, 2.05) is 11.3 Å². The average molecular weight is 345 g/mol. The molecule has 0 saturated carbocycles. The molecule has 1 saturated heterocycles. The summed E-state index contributed by atoms with van der Waals surface area (Å²) in [6.45, 7) is 9.56. The zero-order valence-electron chi connectivity index (χ0n) is 12.0. The molecule has 1 aromatic rings. The van der Waals surface area contributed by atoms with Crippen molar-refractivity contribution in [1.29, 1.82) is 0 Å². The van der Waals surface area contributed by atoms with Gasteiger partial charge in [-0.05, 0) is 72.7 Å². The van der Waals surface area contributed by atoms with Gasteiger partial charge in [-0.2, -0.15) is 0 Å². The molecule has 0 aromatic carbocycles. The highest BCUT2D eigenvalue weighted by Crippen LogP contribution is 2.28. The van der Waals surface area contributed by atoms with Gasteiger partial charge in [-0.25, -0.2) is 0 Å². The normalized spacial score (nSPS) is 20.4. The summed E-state index contributed by atoms with van der Waals surface area (Å²) in [7, 11) is 0. The molecule has 1 fully saturated rings. The lowest BCUT2D eigenvalue weighted by Crippen LogP contribution is -2.37. The van der Waals surface area contributed by atoms with Crippen LogP contribution < -0.4 is 5.32 Å². The standard InChI is InChI=1S/C15H25BrN2S/c1-12(11-18-7-4-3-5-8-18)10-17-13(2)15-14(16)6-9-19-15/h6,9,12-13,17H,3-5,7-8,10-11H2,1-2H3. The number of piperidine rings is 1. The maximum absolute atomic E-state index is 3.67. The average Bonchev–Trinajstić information content (AvgIpc) is 2.83. The first kappa shape index (κ1) is 15.5. The molecule has 0 radical (unpaired) electrons. The van der Waals surface area contributed by atoms with E-state index in [0.717, 1.165) is 12.5 Å². The Morgan fingerprint density at radius 1 is 1.32 bits per heavy atom. The fraction of sp³-hybridized carbons (Fsp3) is 0.733. The van der Waals surface area contributed by atoms with Gasteiger partial charge in [0.15, 0.2) is 0 Å². The van der Waals surface area contributed by atoms with Crippen molar-refractivity contribution >= 4 is 27.3 Å². The van der Waals surface area contributed by atoms with Crippen LogP contribution in [-0.4, -0.2) is 31.1 Å². The minimum atomic E-state index is 0.443. The van der Waals surface area contributed by atoms with Gasteiger partial charge in [0.2, 0.25) is 0 Å². The summed E-state index contributed by atoms with van der Waals surface area (Å²) in [5.41, 5.74) is 0. The quantitative estimate of drug-likeness (QED) is 0.828. The van der Waals surface area contributed by atoms with Gasteiger partial charge in [-0.1, -0.05) is 13.3 Å². The first-order valence-corrected chi connectivity index (χ1v) is 9.02. The first-order valence-electron chi connectivity index (χ1n) is 7.35. The molecule has 4 heteroatoms. The van der Waals surface area contributed by atoms with Gasteiger partial charge in [-0.3, -0.25) is 0 Å². The molecule has 0 spiro atoms. The van der Waals surface area contributed by atoms with E-state index in [0.29, 0.717) is 6.04 Å². The second-order valence-corrected chi connectivity index (χ2v) is 7.53. The summed E-state index contributed by atoms with van der Waals surface area (Å²) in [5.74, 6) is 0.722. The van der Waals surface area contributed by atoms with Gasteiger partial charge in [0, 0.05) is 21.9 Å². The van der Waals surface area contributed by atoms with E-state index in [9.17, 15) is 0 Å². The monoisotopic (exact) mass is 344 g/mol. The highest BCUT2D eigenvalue weighted by Gasteiger charge is 2.15. The number of hydrogen-bond donors (Lipinski definition) is 1. The number of likely N-dealkylation sites (tertiary alicyclic amines) is 1. The van der Waals surface area contributed by atoms with Gasteiger partial charge in [-0.15, -0.1) is 11.3 Å². The smallest absolute Gasteiger partial charge is 0.0397 e. The van der Waals surface area contributed by atoms with Crippen molar-refractivity contribution in [2.75, 3.05) is 26.2 Å². The fourth-order valence-corrected chi connectivity index (χ4v) is 4.48. The summed E-state index contributed by atoms with van der Waals surface area (Å²) < 4.78 is 1.24. The van der Waals surface area contributed by atoms with Gasteiger partial charge >= 0.3 is 0 Å². The molecule has 1 aliphatic rings. The predicted molar refractivity (Wildman–Crippen MR) is 87.9 cm³/mol. The van der Waals surface area contributed by atoms with Crippen molar-refractivity contribution in [2.45, 2.75) is 39.2 Å². The van der Waals surface area contributed by atoms with Crippen LogP contribution in [0, 0.1) is 5.92 Å². The molecule has 2 nitrogen and oxygen atoms in total. The molecule has 0 amide bonds. The van der Waals surface area contributed by atoms with Crippen molar-refractivity contribution in [1.82, 2.24) is 10.2 Å². The number of rotatable bonds is 6. The molecule has 0 aliphatic carbocycles. The van der Waals surface area contributed by atoms with Gasteiger partial charge < -0.3 is 10.2 Å². The van der Waals surface area contributed by atoms with Crippen molar-refractivity contribution in [3.8, 4) is 0 Å². The first-order chi connectivity index (χ1) is 9.16. The lowest BCUT2D eigenvalue weighted by molar-refractivity contribution is 0.197. The van der Waals surface area contributed by atoms with Gasteiger partial charge in [0.25, 0.3) is 0 Å². The Kier molecular flexibility index (Phi) is 6.33. The zero-order chi connectivity index (χ0) is 13.7. The van der Waals surface area contributed by atoms with E-state index in [4.69, 9.17) is 0 Å². The number of thiophene rings is 1. The molecule has 0 bridgehead atoms. The molecular weight excluding hydrogens is 320 g/mol. The third-order valence-electron chi connectivity index (χ3n) is 3.83. The lowest BCUT2D eigenvalue weighted by Gasteiger charge is -2.29. The third kappa shape index (κ3) is 4.85. The van der Waals surface area contributed by atoms with Crippen molar-refractivity contribution in [3.05, 3.63) is 20.8 Å². The van der Waals surface area contributed by atoms with E-state index in [1.165, 1.54) is 48.2 Å². The summed E-state index contributed by atoms with van der Waals surface area (Å²) in [5, 5.41) is 5.82. The predicted octanol–water partition coefficient (Wildman–Crippen LogP) is 4.28. The van der Waals surface area contributed by atoms with Crippen LogP contribution in [0.1, 0.15) is 44.0 Å². The van der Waals surface area contributed by atoms with Crippen LogP contribution in [0.2, 0.25) is 0 Å². The SMILES string of the molecule is CC(CNC(C)c1sccc1Br)CN1CCCCC1. The van der Waals surface area contributed by atoms with Crippen LogP contribution in [0.3, 0.4) is 0 Å². The Labute approximate surface area is 129 Å². The van der Waals surface area contributed by atoms with Gasteiger partial charge in [0.05, 0.1) is 0 Å². The van der Waals surface area contributed by atoms with Crippen LogP contribution in [0.15, 0.2) is 15.9 Å². The van der Waals surface area contributed by atoms with Crippen LogP contribution in [0.4, 0.5) is 0 Å². The zero-order valence-corrected chi connectivity index (χ0v) is 14.4. The number of nitrogens with one attached hydrogen (secondary N) is 1. The maximum Gasteiger partial charge on any atom is 0.0397 e. The molecule has 2 unspecified atom stereocenters. The van der Waals surface area contributed by atoms with Crippen molar-refractivity contribution in [3.63, 3.8) is 0 Å². The van der Waals surface area contributed by atoms with Crippen LogP contribution in [0.25, 0.3) is 0 Å². The molecule has 2 rings (SSSR count). The highest BCUT2D eigenvalue weighted by molar-refractivity contribution is 9.10. The molecule has 1 aliphatic heterocycles. The molecular formula is C15H25BrN2S. The fourth-order valence-electron chi connectivity index (χ4n) is 2.73. The number of nitrogens with zero attached hydrogens (tertiary/aromatic N) is 1. The highest BCUT2D eigenvalue weighted by atomic mass is 79.9.